The molecule has 3 heterocycles. The van der Waals surface area contributed by atoms with E-state index in [9.17, 15) is 9.18 Å². The zero-order chi connectivity index (χ0) is 25.1. The van der Waals surface area contributed by atoms with Gasteiger partial charge in [0.05, 0.1) is 11.4 Å². The number of hydrogen-bond donors (Lipinski definition) is 3. The Hall–Kier alpha value is -4.44. The van der Waals surface area contributed by atoms with E-state index in [1.165, 1.54) is 30.0 Å². The quantitative estimate of drug-likeness (QED) is 0.202. The monoisotopic (exact) mass is 499 g/mol. The molecule has 1 amide bonds. The van der Waals surface area contributed by atoms with Gasteiger partial charge in [-0.05, 0) is 66.6 Å². The van der Waals surface area contributed by atoms with Crippen LogP contribution >= 0.6 is 11.8 Å². The number of nitrogens with zero attached hydrogens (tertiary/aromatic N) is 4. The fourth-order valence-electron chi connectivity index (χ4n) is 3.54. The van der Waals surface area contributed by atoms with E-state index in [-0.39, 0.29) is 11.6 Å². The van der Waals surface area contributed by atoms with Crippen molar-refractivity contribution in [2.75, 3.05) is 16.4 Å². The number of nitrogen functional groups attached to an aromatic ring is 1. The van der Waals surface area contributed by atoms with Crippen LogP contribution in [0.1, 0.15) is 21.5 Å². The van der Waals surface area contributed by atoms with Crippen LogP contribution in [0.4, 0.5) is 27.4 Å². The van der Waals surface area contributed by atoms with E-state index < -0.39 is 5.82 Å². The first-order chi connectivity index (χ1) is 17.5. The van der Waals surface area contributed by atoms with E-state index in [4.69, 9.17) is 10.7 Å². The van der Waals surface area contributed by atoms with E-state index in [1.807, 2.05) is 49.5 Å². The van der Waals surface area contributed by atoms with Gasteiger partial charge in [-0.25, -0.2) is 18.9 Å². The Balaban J connectivity index is 1.27. The second kappa shape index (κ2) is 10.0. The van der Waals surface area contributed by atoms with E-state index in [0.717, 1.165) is 22.5 Å². The lowest BCUT2D eigenvalue weighted by Crippen LogP contribution is -2.13. The summed E-state index contributed by atoms with van der Waals surface area (Å²) in [6.45, 7) is 1.99. The van der Waals surface area contributed by atoms with Crippen molar-refractivity contribution >= 4 is 46.2 Å². The van der Waals surface area contributed by atoms with Gasteiger partial charge < -0.3 is 16.4 Å². The average molecular weight is 500 g/mol. The summed E-state index contributed by atoms with van der Waals surface area (Å²) in [4.78, 5) is 21.7. The Labute approximate surface area is 210 Å². The molecule has 0 unspecified atom stereocenters. The number of aryl methyl sites for hydroxylation is 1. The summed E-state index contributed by atoms with van der Waals surface area (Å²) < 4.78 is 15.0. The van der Waals surface area contributed by atoms with Crippen LogP contribution < -0.4 is 16.4 Å². The number of benzene rings is 2. The molecule has 0 aliphatic heterocycles. The molecule has 0 saturated carbocycles. The van der Waals surface area contributed by atoms with E-state index >= 15 is 0 Å². The Morgan fingerprint density at radius 3 is 2.69 bits per heavy atom. The third-order valence-electron chi connectivity index (χ3n) is 5.46. The van der Waals surface area contributed by atoms with Crippen molar-refractivity contribution in [3.05, 3.63) is 102 Å². The lowest BCUT2D eigenvalue weighted by molar-refractivity contribution is 0.102. The highest BCUT2D eigenvalue weighted by Crippen LogP contribution is 2.26. The Kier molecular flexibility index (Phi) is 6.50. The maximum absolute atomic E-state index is 13.2. The molecule has 0 aliphatic rings. The number of halogens is 1. The van der Waals surface area contributed by atoms with Gasteiger partial charge in [0, 0.05) is 23.7 Å². The Morgan fingerprint density at radius 2 is 1.92 bits per heavy atom. The molecule has 0 radical (unpaired) electrons. The zero-order valence-electron chi connectivity index (χ0n) is 19.3. The molecule has 4 N–H and O–H groups in total. The topological polar surface area (TPSA) is 110 Å². The van der Waals surface area contributed by atoms with Gasteiger partial charge in [-0.3, -0.25) is 4.79 Å². The molecular formula is C26H22FN7OS. The predicted octanol–water partition coefficient (Wildman–Crippen LogP) is 5.44. The lowest BCUT2D eigenvalue weighted by atomic mass is 10.1. The minimum atomic E-state index is -0.456. The third kappa shape index (κ3) is 5.13. The van der Waals surface area contributed by atoms with Gasteiger partial charge in [0.25, 0.3) is 5.91 Å². The molecule has 0 atom stereocenters. The summed E-state index contributed by atoms with van der Waals surface area (Å²) >= 11 is 1.48. The van der Waals surface area contributed by atoms with Gasteiger partial charge in [0.15, 0.2) is 5.82 Å². The van der Waals surface area contributed by atoms with Gasteiger partial charge in [-0.15, -0.1) is 5.10 Å². The number of fused-ring (bicyclic) bond motifs is 1. The van der Waals surface area contributed by atoms with Crippen LogP contribution in [-0.4, -0.2) is 25.5 Å². The van der Waals surface area contributed by atoms with Crippen LogP contribution in [0.15, 0.2) is 84.3 Å². The van der Waals surface area contributed by atoms with Gasteiger partial charge in [-0.1, -0.05) is 30.0 Å². The molecule has 8 nitrogen and oxygen atoms in total. The molecule has 0 aliphatic carbocycles. The highest BCUT2D eigenvalue weighted by atomic mass is 32.2. The molecular weight excluding hydrogens is 477 g/mol. The first-order valence-electron chi connectivity index (χ1n) is 11.1. The van der Waals surface area contributed by atoms with Crippen LogP contribution in [0.3, 0.4) is 0 Å². The van der Waals surface area contributed by atoms with E-state index in [0.29, 0.717) is 28.0 Å². The Bertz CT molecular complexity index is 1550. The molecule has 10 heteroatoms. The summed E-state index contributed by atoms with van der Waals surface area (Å²) in [5.74, 6) is 1.25. The van der Waals surface area contributed by atoms with Crippen LogP contribution in [0.25, 0.3) is 5.52 Å². The average Bonchev–Trinajstić information content (AvgIpc) is 3.35. The normalized spacial score (nSPS) is 10.9. The number of nitrogens with one attached hydrogen (secondary N) is 2. The number of amides is 1. The molecule has 3 aromatic heterocycles. The van der Waals surface area contributed by atoms with Crippen molar-refractivity contribution in [2.24, 2.45) is 0 Å². The highest BCUT2D eigenvalue weighted by molar-refractivity contribution is 7.98. The molecule has 0 fully saturated rings. The second-order valence-electron chi connectivity index (χ2n) is 8.05. The van der Waals surface area contributed by atoms with Crippen molar-refractivity contribution in [3.63, 3.8) is 0 Å². The fraction of sp³-hybridized carbons (Fsp3) is 0.0769. The van der Waals surface area contributed by atoms with Crippen LogP contribution in [0, 0.1) is 12.7 Å². The van der Waals surface area contributed by atoms with E-state index in [1.54, 1.807) is 22.8 Å². The standard InChI is InChI=1S/C26H22FN7OS/c1-16-4-2-12-29-23(16)31-24-22-5-3-13-34(22)33-26(32-24)36-15-17-6-8-18(9-7-17)25(35)30-21-11-10-19(27)14-20(21)28/h2-14H,15,28H2,1H3,(H,30,35)(H,29,31,32,33). The number of aromatic nitrogens is 4. The molecule has 2 aromatic carbocycles. The number of hydrogen-bond acceptors (Lipinski definition) is 7. The van der Waals surface area contributed by atoms with Gasteiger partial charge in [0.1, 0.15) is 17.2 Å². The number of thioether (sulfide) groups is 1. The van der Waals surface area contributed by atoms with Gasteiger partial charge in [0.2, 0.25) is 5.16 Å². The zero-order valence-corrected chi connectivity index (χ0v) is 20.1. The number of carbonyl (C=O) groups is 1. The fourth-order valence-corrected chi connectivity index (χ4v) is 4.33. The minimum Gasteiger partial charge on any atom is -0.397 e. The molecule has 5 rings (SSSR count). The van der Waals surface area contributed by atoms with Crippen molar-refractivity contribution in [1.29, 1.82) is 0 Å². The number of carbonyl (C=O) groups excluding carboxylic acids is 1. The highest BCUT2D eigenvalue weighted by Gasteiger charge is 2.12. The smallest absolute Gasteiger partial charge is 0.255 e. The van der Waals surface area contributed by atoms with Gasteiger partial charge >= 0.3 is 0 Å². The summed E-state index contributed by atoms with van der Waals surface area (Å²) in [5.41, 5.74) is 9.65. The summed E-state index contributed by atoms with van der Waals surface area (Å²) in [5, 5.41) is 11.2. The largest absolute Gasteiger partial charge is 0.397 e. The Morgan fingerprint density at radius 1 is 1.08 bits per heavy atom. The third-order valence-corrected chi connectivity index (χ3v) is 6.37. The maximum Gasteiger partial charge on any atom is 0.255 e. The molecule has 0 spiro atoms. The van der Waals surface area contributed by atoms with Crippen LogP contribution in [0.2, 0.25) is 0 Å². The minimum absolute atomic E-state index is 0.170. The first kappa shape index (κ1) is 23.3. The SMILES string of the molecule is Cc1cccnc1Nc1nc(SCc2ccc(C(=O)Nc3ccc(F)cc3N)cc2)nn2cccc12. The molecule has 36 heavy (non-hydrogen) atoms. The first-order valence-corrected chi connectivity index (χ1v) is 12.1. The molecule has 180 valence electrons. The van der Waals surface area contributed by atoms with Crippen molar-refractivity contribution in [1.82, 2.24) is 19.6 Å². The molecule has 0 bridgehead atoms. The molecule has 0 saturated heterocycles. The maximum atomic E-state index is 13.2. The number of pyridine rings is 1. The molecule has 5 aromatic rings. The van der Waals surface area contributed by atoms with Crippen LogP contribution in [-0.2, 0) is 5.75 Å². The van der Waals surface area contributed by atoms with E-state index in [2.05, 4.69) is 20.7 Å². The van der Waals surface area contributed by atoms with Crippen molar-refractivity contribution in [3.8, 4) is 0 Å². The van der Waals surface area contributed by atoms with Gasteiger partial charge in [-0.2, -0.15) is 0 Å². The number of anilines is 4. The second-order valence-corrected chi connectivity index (χ2v) is 8.99. The van der Waals surface area contributed by atoms with Crippen molar-refractivity contribution < 1.29 is 9.18 Å². The van der Waals surface area contributed by atoms with Crippen molar-refractivity contribution in [2.45, 2.75) is 17.8 Å². The summed E-state index contributed by atoms with van der Waals surface area (Å²) in [6.07, 6.45) is 3.61. The number of nitrogens with two attached hydrogens (primary N) is 1. The predicted molar refractivity (Wildman–Crippen MR) is 140 cm³/mol. The van der Waals surface area contributed by atoms with Crippen LogP contribution in [0.5, 0.6) is 0 Å². The summed E-state index contributed by atoms with van der Waals surface area (Å²) in [6, 6.07) is 18.8. The number of rotatable bonds is 7. The summed E-state index contributed by atoms with van der Waals surface area (Å²) in [7, 11) is 0. The lowest BCUT2D eigenvalue weighted by Gasteiger charge is -2.11.